The summed E-state index contributed by atoms with van der Waals surface area (Å²) in [6.45, 7) is 7.37. The second kappa shape index (κ2) is 8.35. The molecular formula is C20H27N5O2. The number of aliphatic hydroxyl groups excluding tert-OH is 1. The van der Waals surface area contributed by atoms with Crippen LogP contribution >= 0.6 is 0 Å². The number of aliphatic hydroxyl groups is 1. The van der Waals surface area contributed by atoms with E-state index in [2.05, 4.69) is 34.7 Å². The van der Waals surface area contributed by atoms with Gasteiger partial charge >= 0.3 is 6.03 Å². The number of hydrogen-bond donors (Lipinski definition) is 3. The fraction of sp³-hybridized carbons (Fsp3) is 0.450. The Bertz CT molecular complexity index is 761. The first-order chi connectivity index (χ1) is 13.0. The van der Waals surface area contributed by atoms with Crippen LogP contribution in [0.15, 0.2) is 36.4 Å². The van der Waals surface area contributed by atoms with Crippen molar-refractivity contribution in [3.05, 3.63) is 47.7 Å². The van der Waals surface area contributed by atoms with E-state index in [1.54, 1.807) is 0 Å². The third kappa shape index (κ3) is 4.74. The Labute approximate surface area is 159 Å². The zero-order valence-corrected chi connectivity index (χ0v) is 16.0. The van der Waals surface area contributed by atoms with Crippen molar-refractivity contribution >= 4 is 17.5 Å². The number of rotatable bonds is 5. The highest BCUT2D eigenvalue weighted by Gasteiger charge is 2.34. The Morgan fingerprint density at radius 1 is 1.19 bits per heavy atom. The lowest BCUT2D eigenvalue weighted by atomic mass is 10.0. The molecular weight excluding hydrogens is 342 g/mol. The van der Waals surface area contributed by atoms with E-state index in [4.69, 9.17) is 0 Å². The van der Waals surface area contributed by atoms with Gasteiger partial charge in [-0.05, 0) is 42.7 Å². The zero-order valence-electron chi connectivity index (χ0n) is 16.0. The largest absolute Gasteiger partial charge is 0.396 e. The monoisotopic (exact) mass is 369 g/mol. The molecule has 7 heteroatoms. The minimum absolute atomic E-state index is 0.00379. The van der Waals surface area contributed by atoms with Crippen molar-refractivity contribution in [1.29, 1.82) is 0 Å². The number of nitrogens with zero attached hydrogens (tertiary/aromatic N) is 3. The first-order valence-corrected chi connectivity index (χ1v) is 9.30. The lowest BCUT2D eigenvalue weighted by molar-refractivity contribution is 0.211. The average molecular weight is 369 g/mol. The molecule has 27 heavy (non-hydrogen) atoms. The second-order valence-corrected chi connectivity index (χ2v) is 7.36. The summed E-state index contributed by atoms with van der Waals surface area (Å²) in [6, 6.07) is 11.2. The molecule has 1 fully saturated rings. The standard InChI is InChI=1S/C20H27N5O2/c1-13(2)15-5-7-17(8-6-15)21-20(27)22-18-11-25(10-16(18)12-26)19-9-4-14(3)23-24-19/h4-9,13,16,18,26H,10-12H2,1-3H3,(H2,21,22,27)/t16-,18+/m1/s1. The molecule has 2 amide bonds. The van der Waals surface area contributed by atoms with Gasteiger partial charge in [-0.25, -0.2) is 4.79 Å². The molecule has 1 aromatic heterocycles. The molecule has 2 heterocycles. The van der Waals surface area contributed by atoms with Gasteiger partial charge in [0, 0.05) is 31.3 Å². The number of carbonyl (C=O) groups is 1. The van der Waals surface area contributed by atoms with Crippen LogP contribution in [0.3, 0.4) is 0 Å². The molecule has 1 aromatic carbocycles. The van der Waals surface area contributed by atoms with Crippen LogP contribution < -0.4 is 15.5 Å². The van der Waals surface area contributed by atoms with Crippen LogP contribution in [0.2, 0.25) is 0 Å². The van der Waals surface area contributed by atoms with E-state index in [1.165, 1.54) is 5.56 Å². The topological polar surface area (TPSA) is 90.4 Å². The smallest absolute Gasteiger partial charge is 0.319 e. The van der Waals surface area contributed by atoms with Gasteiger partial charge in [-0.1, -0.05) is 26.0 Å². The number of aryl methyl sites for hydroxylation is 1. The lowest BCUT2D eigenvalue weighted by Crippen LogP contribution is -2.43. The lowest BCUT2D eigenvalue weighted by Gasteiger charge is -2.18. The van der Waals surface area contributed by atoms with Gasteiger partial charge in [-0.15, -0.1) is 5.10 Å². The van der Waals surface area contributed by atoms with E-state index >= 15 is 0 Å². The Hall–Kier alpha value is -2.67. The maximum atomic E-state index is 12.4. The van der Waals surface area contributed by atoms with Crippen molar-refractivity contribution in [2.24, 2.45) is 5.92 Å². The van der Waals surface area contributed by atoms with Crippen LogP contribution in [-0.2, 0) is 0 Å². The minimum Gasteiger partial charge on any atom is -0.396 e. The fourth-order valence-electron chi connectivity index (χ4n) is 3.25. The summed E-state index contributed by atoms with van der Waals surface area (Å²) in [5.74, 6) is 1.16. The van der Waals surface area contributed by atoms with Crippen molar-refractivity contribution < 1.29 is 9.90 Å². The second-order valence-electron chi connectivity index (χ2n) is 7.36. The van der Waals surface area contributed by atoms with Crippen LogP contribution in [0.1, 0.15) is 31.0 Å². The first-order valence-electron chi connectivity index (χ1n) is 9.30. The fourth-order valence-corrected chi connectivity index (χ4v) is 3.25. The van der Waals surface area contributed by atoms with Crippen LogP contribution in [0.5, 0.6) is 0 Å². The number of carbonyl (C=O) groups excluding carboxylic acids is 1. The van der Waals surface area contributed by atoms with Crippen LogP contribution in [-0.4, -0.2) is 47.1 Å². The van der Waals surface area contributed by atoms with Gasteiger partial charge < -0.3 is 20.6 Å². The van der Waals surface area contributed by atoms with E-state index < -0.39 is 0 Å². The minimum atomic E-state index is -0.271. The Balaban J connectivity index is 1.59. The Kier molecular flexibility index (Phi) is 5.91. The normalized spacial score (nSPS) is 19.4. The highest BCUT2D eigenvalue weighted by Crippen LogP contribution is 2.22. The number of amides is 2. The number of benzene rings is 1. The number of nitrogens with one attached hydrogen (secondary N) is 2. The van der Waals surface area contributed by atoms with Crippen molar-refractivity contribution in [3.8, 4) is 0 Å². The average Bonchev–Trinajstić information content (AvgIpc) is 3.05. The maximum Gasteiger partial charge on any atom is 0.319 e. The van der Waals surface area contributed by atoms with Crippen LogP contribution in [0.25, 0.3) is 0 Å². The van der Waals surface area contributed by atoms with Crippen molar-refractivity contribution in [2.75, 3.05) is 29.9 Å². The molecule has 1 saturated heterocycles. The molecule has 3 rings (SSSR count). The third-order valence-electron chi connectivity index (χ3n) is 4.94. The highest BCUT2D eigenvalue weighted by molar-refractivity contribution is 5.89. The van der Waals surface area contributed by atoms with E-state index in [-0.39, 0.29) is 24.6 Å². The predicted octanol–water partition coefficient (Wildman–Crippen LogP) is 2.53. The molecule has 0 saturated carbocycles. The molecule has 1 aliphatic heterocycles. The summed E-state index contributed by atoms with van der Waals surface area (Å²) in [6.07, 6.45) is 0. The van der Waals surface area contributed by atoms with Crippen molar-refractivity contribution in [2.45, 2.75) is 32.7 Å². The molecule has 7 nitrogen and oxygen atoms in total. The van der Waals surface area contributed by atoms with Gasteiger partial charge in [-0.2, -0.15) is 5.10 Å². The predicted molar refractivity (Wildman–Crippen MR) is 106 cm³/mol. The molecule has 0 radical (unpaired) electrons. The van der Waals surface area contributed by atoms with E-state index in [0.717, 1.165) is 17.2 Å². The Morgan fingerprint density at radius 2 is 1.93 bits per heavy atom. The van der Waals surface area contributed by atoms with E-state index in [9.17, 15) is 9.90 Å². The summed E-state index contributed by atoms with van der Waals surface area (Å²) >= 11 is 0. The summed E-state index contributed by atoms with van der Waals surface area (Å²) in [5.41, 5.74) is 2.83. The van der Waals surface area contributed by atoms with Gasteiger partial charge in [0.25, 0.3) is 0 Å². The Morgan fingerprint density at radius 3 is 2.52 bits per heavy atom. The number of urea groups is 1. The molecule has 3 N–H and O–H groups in total. The van der Waals surface area contributed by atoms with E-state index in [1.807, 2.05) is 48.2 Å². The number of hydrogen-bond acceptors (Lipinski definition) is 5. The molecule has 1 aliphatic rings. The summed E-state index contributed by atoms with van der Waals surface area (Å²) in [5, 5.41) is 23.8. The van der Waals surface area contributed by atoms with Crippen molar-refractivity contribution in [3.63, 3.8) is 0 Å². The maximum absolute atomic E-state index is 12.4. The van der Waals surface area contributed by atoms with Crippen LogP contribution in [0.4, 0.5) is 16.3 Å². The number of anilines is 2. The van der Waals surface area contributed by atoms with E-state index in [0.29, 0.717) is 19.0 Å². The molecule has 0 bridgehead atoms. The molecule has 2 aromatic rings. The first kappa shape index (κ1) is 19.1. The molecule has 2 atom stereocenters. The quantitative estimate of drug-likeness (QED) is 0.753. The molecule has 144 valence electrons. The molecule has 0 aliphatic carbocycles. The highest BCUT2D eigenvalue weighted by atomic mass is 16.3. The summed E-state index contributed by atoms with van der Waals surface area (Å²) in [7, 11) is 0. The van der Waals surface area contributed by atoms with Gasteiger partial charge in [0.05, 0.1) is 11.7 Å². The van der Waals surface area contributed by atoms with Gasteiger partial charge in [0.1, 0.15) is 0 Å². The SMILES string of the molecule is Cc1ccc(N2C[C@H](CO)[C@@H](NC(=O)Nc3ccc(C(C)C)cc3)C2)nn1. The number of aromatic nitrogens is 2. The van der Waals surface area contributed by atoms with Gasteiger partial charge in [-0.3, -0.25) is 0 Å². The summed E-state index contributed by atoms with van der Waals surface area (Å²) < 4.78 is 0. The molecule has 0 spiro atoms. The van der Waals surface area contributed by atoms with Gasteiger partial charge in [0.2, 0.25) is 0 Å². The van der Waals surface area contributed by atoms with Crippen molar-refractivity contribution in [1.82, 2.24) is 15.5 Å². The third-order valence-corrected chi connectivity index (χ3v) is 4.94. The zero-order chi connectivity index (χ0) is 19.4. The van der Waals surface area contributed by atoms with Gasteiger partial charge in [0.15, 0.2) is 5.82 Å². The van der Waals surface area contributed by atoms with Crippen LogP contribution in [0, 0.1) is 12.8 Å². The molecule has 0 unspecified atom stereocenters. The summed E-state index contributed by atoms with van der Waals surface area (Å²) in [4.78, 5) is 14.4.